The number of hydrogen-bond donors (Lipinski definition) is 2. The molecule has 2 aromatic rings. The summed E-state index contributed by atoms with van der Waals surface area (Å²) in [4.78, 5) is 22.3. The molecule has 6 nitrogen and oxygen atoms in total. The minimum absolute atomic E-state index is 0.0443. The molecular weight excluding hydrogens is 382 g/mol. The van der Waals surface area contributed by atoms with E-state index in [1.54, 1.807) is 18.2 Å². The quantitative estimate of drug-likeness (QED) is 0.470. The van der Waals surface area contributed by atoms with Gasteiger partial charge in [0, 0.05) is 22.2 Å². The molecule has 1 amide bonds. The van der Waals surface area contributed by atoms with Crippen LogP contribution in [0.15, 0.2) is 46.9 Å². The normalized spacial score (nSPS) is 10.0. The van der Waals surface area contributed by atoms with E-state index in [0.717, 1.165) is 5.56 Å². The van der Waals surface area contributed by atoms with Gasteiger partial charge in [-0.25, -0.2) is 0 Å². The van der Waals surface area contributed by atoms with Crippen molar-refractivity contribution in [2.45, 2.75) is 6.92 Å². The molecule has 0 radical (unpaired) electrons. The Morgan fingerprint density at radius 3 is 2.61 bits per heavy atom. The number of carbonyl (C=O) groups is 1. The fourth-order valence-electron chi connectivity index (χ4n) is 1.83. The molecule has 0 atom stereocenters. The molecule has 8 heteroatoms. The maximum absolute atomic E-state index is 12.1. The third-order valence-electron chi connectivity index (χ3n) is 2.92. The largest absolute Gasteiger partial charge is 0.331 e. The Labute approximate surface area is 146 Å². The van der Waals surface area contributed by atoms with Crippen LogP contribution in [0.1, 0.15) is 15.9 Å². The molecule has 0 aliphatic heterocycles. The lowest BCUT2D eigenvalue weighted by atomic mass is 10.1. The summed E-state index contributed by atoms with van der Waals surface area (Å²) >= 11 is 8.32. The van der Waals surface area contributed by atoms with Crippen LogP contribution in [0, 0.1) is 17.0 Å². The van der Waals surface area contributed by atoms with E-state index in [4.69, 9.17) is 12.2 Å². The number of nitrogens with one attached hydrogen (secondary N) is 2. The van der Waals surface area contributed by atoms with Crippen molar-refractivity contribution in [3.05, 3.63) is 68.2 Å². The van der Waals surface area contributed by atoms with Crippen molar-refractivity contribution in [2.75, 3.05) is 5.32 Å². The summed E-state index contributed by atoms with van der Waals surface area (Å²) in [6.45, 7) is 1.89. The number of aryl methyl sites for hydroxylation is 1. The minimum Gasteiger partial charge on any atom is -0.331 e. The second-order valence-electron chi connectivity index (χ2n) is 4.70. The van der Waals surface area contributed by atoms with Crippen LogP contribution >= 0.6 is 28.1 Å². The Bertz CT molecular complexity index is 795. The monoisotopic (exact) mass is 393 g/mol. The maximum Gasteiger partial charge on any atom is 0.270 e. The lowest BCUT2D eigenvalue weighted by Crippen LogP contribution is -2.34. The van der Waals surface area contributed by atoms with Crippen LogP contribution in [-0.2, 0) is 0 Å². The first kappa shape index (κ1) is 17.0. The Hall–Kier alpha value is -2.32. The molecule has 0 saturated heterocycles. The number of halogens is 1. The molecule has 2 rings (SSSR count). The molecule has 0 bridgehead atoms. The summed E-state index contributed by atoms with van der Waals surface area (Å²) in [6.07, 6.45) is 0. The van der Waals surface area contributed by atoms with Gasteiger partial charge in [0.15, 0.2) is 5.11 Å². The lowest BCUT2D eigenvalue weighted by Gasteiger charge is -2.11. The van der Waals surface area contributed by atoms with Crippen LogP contribution < -0.4 is 10.6 Å². The summed E-state index contributed by atoms with van der Waals surface area (Å²) < 4.78 is 0.471. The molecular formula is C15H12BrN3O3S. The van der Waals surface area contributed by atoms with Gasteiger partial charge < -0.3 is 5.32 Å². The Morgan fingerprint density at radius 2 is 2.00 bits per heavy atom. The number of amides is 1. The number of nitrogens with zero attached hydrogens (tertiary/aromatic N) is 1. The molecule has 2 aromatic carbocycles. The second-order valence-corrected chi connectivity index (χ2v) is 5.96. The summed E-state index contributed by atoms with van der Waals surface area (Å²) in [6, 6.07) is 11.3. The van der Waals surface area contributed by atoms with Crippen molar-refractivity contribution < 1.29 is 9.72 Å². The van der Waals surface area contributed by atoms with Crippen molar-refractivity contribution in [3.8, 4) is 0 Å². The second kappa shape index (κ2) is 7.30. The molecule has 0 aromatic heterocycles. The summed E-state index contributed by atoms with van der Waals surface area (Å²) in [5.74, 6) is -0.329. The number of non-ortho nitro benzene ring substituents is 1. The van der Waals surface area contributed by atoms with Gasteiger partial charge in [-0.2, -0.15) is 0 Å². The lowest BCUT2D eigenvalue weighted by molar-refractivity contribution is -0.384. The number of nitro benzene ring substituents is 1. The number of thiocarbonyl (C=S) groups is 1. The van der Waals surface area contributed by atoms with Gasteiger partial charge in [-0.1, -0.05) is 17.7 Å². The summed E-state index contributed by atoms with van der Waals surface area (Å²) in [5, 5.41) is 16.2. The zero-order chi connectivity index (χ0) is 17.0. The number of anilines is 1. The van der Waals surface area contributed by atoms with E-state index < -0.39 is 4.92 Å². The van der Waals surface area contributed by atoms with E-state index in [1.165, 1.54) is 18.2 Å². The first-order valence-corrected chi connectivity index (χ1v) is 7.70. The first-order chi connectivity index (χ1) is 10.9. The number of hydrogen-bond acceptors (Lipinski definition) is 4. The molecule has 0 aliphatic carbocycles. The van der Waals surface area contributed by atoms with Crippen molar-refractivity contribution in [2.24, 2.45) is 0 Å². The summed E-state index contributed by atoms with van der Waals surface area (Å²) in [5.41, 5.74) is 1.94. The van der Waals surface area contributed by atoms with Crippen LogP contribution in [-0.4, -0.2) is 15.9 Å². The molecule has 23 heavy (non-hydrogen) atoms. The van der Waals surface area contributed by atoms with Gasteiger partial charge in [0.1, 0.15) is 0 Å². The highest BCUT2D eigenvalue weighted by Gasteiger charge is 2.12. The van der Waals surface area contributed by atoms with E-state index in [-0.39, 0.29) is 16.7 Å². The Balaban J connectivity index is 2.05. The smallest absolute Gasteiger partial charge is 0.270 e. The predicted octanol–water partition coefficient (Wildman–Crippen LogP) is 3.79. The van der Waals surface area contributed by atoms with E-state index in [2.05, 4.69) is 26.6 Å². The highest BCUT2D eigenvalue weighted by Crippen LogP contribution is 2.27. The molecule has 0 saturated carbocycles. The molecule has 0 aliphatic rings. The van der Waals surface area contributed by atoms with Gasteiger partial charge >= 0.3 is 0 Å². The van der Waals surface area contributed by atoms with Crippen LogP contribution in [0.4, 0.5) is 11.4 Å². The zero-order valence-corrected chi connectivity index (χ0v) is 14.4. The topological polar surface area (TPSA) is 84.3 Å². The molecule has 118 valence electrons. The third kappa shape index (κ3) is 4.57. The van der Waals surface area contributed by atoms with Gasteiger partial charge in [-0.05, 0) is 53.3 Å². The third-order valence-corrected chi connectivity index (χ3v) is 3.78. The van der Waals surface area contributed by atoms with E-state index in [0.29, 0.717) is 15.7 Å². The first-order valence-electron chi connectivity index (χ1n) is 6.50. The van der Waals surface area contributed by atoms with Gasteiger partial charge in [0.25, 0.3) is 11.6 Å². The molecule has 0 unspecified atom stereocenters. The van der Waals surface area contributed by atoms with Gasteiger partial charge in [0.05, 0.1) is 10.6 Å². The maximum atomic E-state index is 12.1. The predicted molar refractivity (Wildman–Crippen MR) is 95.7 cm³/mol. The van der Waals surface area contributed by atoms with Crippen LogP contribution in [0.5, 0.6) is 0 Å². The molecule has 0 heterocycles. The van der Waals surface area contributed by atoms with Crippen LogP contribution in [0.3, 0.4) is 0 Å². The van der Waals surface area contributed by atoms with Gasteiger partial charge in [-0.3, -0.25) is 20.2 Å². The Kier molecular flexibility index (Phi) is 5.41. The zero-order valence-electron chi connectivity index (χ0n) is 12.0. The number of nitro groups is 1. The molecule has 0 fully saturated rings. The standard InChI is InChI=1S/C15H12BrN3O3S/c1-9-3-2-4-10(7-9)14(20)18-15(23)17-13-6-5-11(19(21)22)8-12(13)16/h2-8H,1H3,(H2,17,18,20,23). The highest BCUT2D eigenvalue weighted by molar-refractivity contribution is 9.10. The van der Waals surface area contributed by atoms with Crippen LogP contribution in [0.25, 0.3) is 0 Å². The van der Waals surface area contributed by atoms with Crippen molar-refractivity contribution >= 4 is 50.5 Å². The highest BCUT2D eigenvalue weighted by atomic mass is 79.9. The van der Waals surface area contributed by atoms with Gasteiger partial charge in [0.2, 0.25) is 0 Å². The van der Waals surface area contributed by atoms with Crippen LogP contribution in [0.2, 0.25) is 0 Å². The van der Waals surface area contributed by atoms with Gasteiger partial charge in [-0.15, -0.1) is 0 Å². The van der Waals surface area contributed by atoms with Crippen molar-refractivity contribution in [1.82, 2.24) is 5.32 Å². The average molecular weight is 394 g/mol. The van der Waals surface area contributed by atoms with E-state index in [9.17, 15) is 14.9 Å². The van der Waals surface area contributed by atoms with E-state index in [1.807, 2.05) is 13.0 Å². The SMILES string of the molecule is Cc1cccc(C(=O)NC(=S)Nc2ccc([N+](=O)[O-])cc2Br)c1. The molecule has 0 spiro atoms. The fourth-order valence-corrected chi connectivity index (χ4v) is 2.50. The van der Waals surface area contributed by atoms with E-state index >= 15 is 0 Å². The number of carbonyl (C=O) groups excluding carboxylic acids is 1. The number of benzene rings is 2. The average Bonchev–Trinajstić information content (AvgIpc) is 2.49. The fraction of sp³-hybridized carbons (Fsp3) is 0.0667. The summed E-state index contributed by atoms with van der Waals surface area (Å²) in [7, 11) is 0. The van der Waals surface area contributed by atoms with Crippen molar-refractivity contribution in [1.29, 1.82) is 0 Å². The van der Waals surface area contributed by atoms with Crippen molar-refractivity contribution in [3.63, 3.8) is 0 Å². The Morgan fingerprint density at radius 1 is 1.26 bits per heavy atom. The molecule has 2 N–H and O–H groups in total. The minimum atomic E-state index is -0.494. The number of rotatable bonds is 3.